The first kappa shape index (κ1) is 20.2. The Morgan fingerprint density at radius 3 is 2.11 bits per heavy atom. The van der Waals surface area contributed by atoms with Crippen LogP contribution in [-0.4, -0.2) is 28.3 Å². The lowest BCUT2D eigenvalue weighted by Gasteiger charge is -2.40. The summed E-state index contributed by atoms with van der Waals surface area (Å²) in [6.07, 6.45) is -3.48. The first-order chi connectivity index (χ1) is 13.1. The smallest absolute Gasteiger partial charge is 0.351 e. The quantitative estimate of drug-likeness (QED) is 0.777. The molecule has 0 unspecified atom stereocenters. The molecule has 1 aliphatic rings. The Kier molecular flexibility index (Phi) is 5.36. The Labute approximate surface area is 158 Å². The van der Waals surface area contributed by atoms with Crippen LogP contribution >= 0.6 is 0 Å². The summed E-state index contributed by atoms with van der Waals surface area (Å²) in [6, 6.07) is 8.35. The summed E-state index contributed by atoms with van der Waals surface area (Å²) in [6.45, 7) is 0.00549. The van der Waals surface area contributed by atoms with Crippen LogP contribution in [-0.2, 0) is 11.6 Å². The second kappa shape index (κ2) is 7.44. The minimum Gasteiger partial charge on any atom is -0.351 e. The molecule has 150 valence electrons. The van der Waals surface area contributed by atoms with Gasteiger partial charge < -0.3 is 5.32 Å². The molecule has 1 N–H and O–H groups in total. The van der Waals surface area contributed by atoms with Gasteiger partial charge in [-0.3, -0.25) is 4.79 Å². The molecule has 0 radical (unpaired) electrons. The molecular weight excluding hydrogens is 381 g/mol. The van der Waals surface area contributed by atoms with Crippen molar-refractivity contribution in [2.24, 2.45) is 0 Å². The highest BCUT2D eigenvalue weighted by molar-refractivity contribution is 5.94. The summed E-state index contributed by atoms with van der Waals surface area (Å²) in [7, 11) is 0. The van der Waals surface area contributed by atoms with Gasteiger partial charge in [-0.1, -0.05) is 18.2 Å². The van der Waals surface area contributed by atoms with Gasteiger partial charge in [0.25, 0.3) is 5.91 Å². The minimum absolute atomic E-state index is 0.00376. The molecule has 1 aromatic heterocycles. The molecule has 0 spiro atoms. The number of nitrogens with zero attached hydrogens (tertiary/aromatic N) is 2. The number of halogens is 5. The lowest BCUT2D eigenvalue weighted by molar-refractivity contribution is -0.145. The Bertz CT molecular complexity index is 812. The number of aromatic nitrogens is 2. The zero-order valence-corrected chi connectivity index (χ0v) is 14.8. The zero-order valence-electron chi connectivity index (χ0n) is 14.8. The maximum atomic E-state index is 13.7. The van der Waals surface area contributed by atoms with Gasteiger partial charge in [-0.25, -0.2) is 18.7 Å². The lowest BCUT2D eigenvalue weighted by Crippen LogP contribution is -2.45. The van der Waals surface area contributed by atoms with Crippen molar-refractivity contribution in [3.05, 3.63) is 59.7 Å². The Hall–Kier alpha value is -2.58. The number of amides is 1. The highest BCUT2D eigenvalue weighted by atomic mass is 19.4. The van der Waals surface area contributed by atoms with Crippen molar-refractivity contribution in [1.82, 2.24) is 15.3 Å². The standard InChI is InChI=1S/C19H18F5N3O/c20-18(21)8-6-17(7-9-18,12-27-15(28)13-4-2-1-3-5-13)14-10-25-16(26-11-14)19(22,23)24/h1-5,10-11H,6-9,12H2,(H,27,28). The maximum absolute atomic E-state index is 13.7. The number of nitrogens with one attached hydrogen (secondary N) is 1. The Balaban J connectivity index is 1.83. The number of carbonyl (C=O) groups is 1. The molecule has 0 aliphatic heterocycles. The van der Waals surface area contributed by atoms with Crippen LogP contribution < -0.4 is 5.32 Å². The van der Waals surface area contributed by atoms with E-state index in [-0.39, 0.29) is 25.3 Å². The van der Waals surface area contributed by atoms with Gasteiger partial charge in [0.2, 0.25) is 11.7 Å². The topological polar surface area (TPSA) is 54.9 Å². The van der Waals surface area contributed by atoms with Gasteiger partial charge >= 0.3 is 6.18 Å². The van der Waals surface area contributed by atoms with E-state index in [1.165, 1.54) is 0 Å². The van der Waals surface area contributed by atoms with Crippen molar-refractivity contribution in [2.75, 3.05) is 6.54 Å². The number of hydrogen-bond acceptors (Lipinski definition) is 3. The van der Waals surface area contributed by atoms with Crippen LogP contribution in [0.25, 0.3) is 0 Å². The van der Waals surface area contributed by atoms with E-state index >= 15 is 0 Å². The highest BCUT2D eigenvalue weighted by Crippen LogP contribution is 2.45. The zero-order chi connectivity index (χ0) is 20.4. The average Bonchev–Trinajstić information content (AvgIpc) is 2.67. The van der Waals surface area contributed by atoms with Crippen LogP contribution in [0, 0.1) is 0 Å². The number of benzene rings is 1. The van der Waals surface area contributed by atoms with Gasteiger partial charge in [0.15, 0.2) is 0 Å². The molecule has 9 heteroatoms. The van der Waals surface area contributed by atoms with E-state index in [9.17, 15) is 26.7 Å². The van der Waals surface area contributed by atoms with Gasteiger partial charge in [0.1, 0.15) is 0 Å². The molecule has 0 saturated heterocycles. The van der Waals surface area contributed by atoms with Crippen molar-refractivity contribution in [3.63, 3.8) is 0 Å². The number of carbonyl (C=O) groups excluding carboxylic acids is 1. The van der Waals surface area contributed by atoms with Crippen LogP contribution in [0.2, 0.25) is 0 Å². The fraction of sp³-hybridized carbons (Fsp3) is 0.421. The molecule has 28 heavy (non-hydrogen) atoms. The molecule has 3 rings (SSSR count). The van der Waals surface area contributed by atoms with E-state index < -0.39 is 36.2 Å². The van der Waals surface area contributed by atoms with Crippen LogP contribution in [0.4, 0.5) is 22.0 Å². The first-order valence-corrected chi connectivity index (χ1v) is 8.72. The SMILES string of the molecule is O=C(NCC1(c2cnc(C(F)(F)F)nc2)CCC(F)(F)CC1)c1ccccc1. The van der Waals surface area contributed by atoms with Gasteiger partial charge in [0.05, 0.1) is 0 Å². The van der Waals surface area contributed by atoms with Crippen molar-refractivity contribution >= 4 is 5.91 Å². The van der Waals surface area contributed by atoms with Crippen LogP contribution in [0.15, 0.2) is 42.7 Å². The third-order valence-electron chi connectivity index (χ3n) is 5.08. The molecule has 1 saturated carbocycles. The second-order valence-corrected chi connectivity index (χ2v) is 6.98. The van der Waals surface area contributed by atoms with Gasteiger partial charge in [-0.05, 0) is 30.5 Å². The predicted molar refractivity (Wildman–Crippen MR) is 90.9 cm³/mol. The largest absolute Gasteiger partial charge is 0.451 e. The van der Waals surface area contributed by atoms with Crippen LogP contribution in [0.3, 0.4) is 0 Å². The van der Waals surface area contributed by atoms with Crippen molar-refractivity contribution < 1.29 is 26.7 Å². The van der Waals surface area contributed by atoms with Crippen molar-refractivity contribution in [3.8, 4) is 0 Å². The van der Waals surface area contributed by atoms with Crippen molar-refractivity contribution in [2.45, 2.75) is 43.2 Å². The second-order valence-electron chi connectivity index (χ2n) is 6.98. The van der Waals surface area contributed by atoms with Gasteiger partial charge in [-0.15, -0.1) is 0 Å². The third-order valence-corrected chi connectivity index (χ3v) is 5.08. The maximum Gasteiger partial charge on any atom is 0.451 e. The van der Waals surface area contributed by atoms with Gasteiger partial charge in [-0.2, -0.15) is 13.2 Å². The average molecular weight is 399 g/mol. The molecule has 2 aromatic rings. The monoisotopic (exact) mass is 399 g/mol. The minimum atomic E-state index is -4.69. The molecule has 1 aliphatic carbocycles. The number of rotatable bonds is 4. The lowest BCUT2D eigenvalue weighted by atomic mass is 9.69. The molecule has 0 bridgehead atoms. The predicted octanol–water partition coefficient (Wildman–Crippen LogP) is 4.37. The summed E-state index contributed by atoms with van der Waals surface area (Å²) in [5.41, 5.74) is -0.234. The van der Waals surface area contributed by atoms with E-state index in [0.717, 1.165) is 12.4 Å². The molecule has 1 aromatic carbocycles. The van der Waals surface area contributed by atoms with E-state index in [1.807, 2.05) is 0 Å². The fourth-order valence-electron chi connectivity index (χ4n) is 3.35. The summed E-state index contributed by atoms with van der Waals surface area (Å²) in [4.78, 5) is 19.0. The van der Waals surface area contributed by atoms with E-state index in [2.05, 4.69) is 15.3 Å². The molecule has 1 heterocycles. The molecular formula is C19H18F5N3O. The number of hydrogen-bond donors (Lipinski definition) is 1. The van der Waals surface area contributed by atoms with Crippen LogP contribution in [0.5, 0.6) is 0 Å². The number of alkyl halides is 5. The summed E-state index contributed by atoms with van der Waals surface area (Å²) in [5.74, 6) is -4.51. The summed E-state index contributed by atoms with van der Waals surface area (Å²) >= 11 is 0. The molecule has 4 nitrogen and oxygen atoms in total. The fourth-order valence-corrected chi connectivity index (χ4v) is 3.35. The highest BCUT2D eigenvalue weighted by Gasteiger charge is 2.45. The van der Waals surface area contributed by atoms with Gasteiger partial charge in [0, 0.05) is 42.8 Å². The third kappa shape index (κ3) is 4.45. The molecule has 1 amide bonds. The summed E-state index contributed by atoms with van der Waals surface area (Å²) < 4.78 is 65.5. The first-order valence-electron chi connectivity index (χ1n) is 8.72. The molecule has 1 fully saturated rings. The van der Waals surface area contributed by atoms with Crippen molar-refractivity contribution in [1.29, 1.82) is 0 Å². The summed E-state index contributed by atoms with van der Waals surface area (Å²) in [5, 5.41) is 2.72. The Morgan fingerprint density at radius 2 is 1.57 bits per heavy atom. The molecule has 0 atom stereocenters. The van der Waals surface area contributed by atoms with E-state index in [4.69, 9.17) is 0 Å². The normalized spacial score (nSPS) is 18.5. The van der Waals surface area contributed by atoms with E-state index in [1.54, 1.807) is 30.3 Å². The van der Waals surface area contributed by atoms with Crippen LogP contribution in [0.1, 0.15) is 47.4 Å². The Morgan fingerprint density at radius 1 is 1.00 bits per heavy atom. The van der Waals surface area contributed by atoms with E-state index in [0.29, 0.717) is 11.1 Å².